The van der Waals surface area contributed by atoms with E-state index in [1.54, 1.807) is 6.07 Å². The van der Waals surface area contributed by atoms with Crippen LogP contribution < -0.4 is 0 Å². The van der Waals surface area contributed by atoms with Gasteiger partial charge < -0.3 is 5.21 Å². The van der Waals surface area contributed by atoms with E-state index in [1.807, 2.05) is 5.38 Å². The van der Waals surface area contributed by atoms with Crippen molar-refractivity contribution in [1.29, 1.82) is 0 Å². The molecule has 0 aliphatic heterocycles. The smallest absolute Gasteiger partial charge is 0.0984 e. The number of oxime groups is 1. The predicted octanol–water partition coefficient (Wildman–Crippen LogP) is 0.951. The molecule has 0 aliphatic rings. The van der Waals surface area contributed by atoms with E-state index < -0.39 is 0 Å². The van der Waals surface area contributed by atoms with Crippen LogP contribution in [0.4, 0.5) is 0 Å². The van der Waals surface area contributed by atoms with Crippen molar-refractivity contribution in [2.24, 2.45) is 5.16 Å². The molecule has 0 amide bonds. The molecule has 0 saturated carbocycles. The second-order valence-electron chi connectivity index (χ2n) is 1.17. The summed E-state index contributed by atoms with van der Waals surface area (Å²) in [6.07, 6.45) is 1.29. The molecule has 0 unspecified atom stereocenters. The third-order valence-corrected chi connectivity index (χ3v) is 1.22. The molecule has 0 spiro atoms. The van der Waals surface area contributed by atoms with E-state index in [9.17, 15) is 0 Å². The van der Waals surface area contributed by atoms with Crippen LogP contribution in [-0.2, 0) is 0 Å². The zero-order valence-electron chi connectivity index (χ0n) is 3.98. The van der Waals surface area contributed by atoms with Crippen LogP contribution in [0.25, 0.3) is 0 Å². The molecule has 4 heteroatoms. The standard InChI is InChI=1S/C4H4N2OS/c7-5-3-4-1-2-8-6-4/h1-3,7H. The van der Waals surface area contributed by atoms with Crippen LogP contribution in [-0.4, -0.2) is 15.8 Å². The Kier molecular flexibility index (Phi) is 1.58. The lowest BCUT2D eigenvalue weighted by atomic mass is 10.5. The molecule has 0 aromatic carbocycles. The minimum absolute atomic E-state index is 0.692. The Morgan fingerprint density at radius 2 is 2.75 bits per heavy atom. The van der Waals surface area contributed by atoms with Gasteiger partial charge in [0.1, 0.15) is 0 Å². The second kappa shape index (κ2) is 2.42. The number of hydrogen-bond acceptors (Lipinski definition) is 4. The van der Waals surface area contributed by atoms with Crippen LogP contribution in [0.5, 0.6) is 0 Å². The summed E-state index contributed by atoms with van der Waals surface area (Å²) in [7, 11) is 0. The first-order chi connectivity index (χ1) is 3.93. The van der Waals surface area contributed by atoms with Crippen molar-refractivity contribution >= 4 is 17.7 Å². The van der Waals surface area contributed by atoms with E-state index in [1.165, 1.54) is 17.7 Å². The third kappa shape index (κ3) is 1.04. The second-order valence-corrected chi connectivity index (χ2v) is 1.83. The minimum atomic E-state index is 0.692. The Morgan fingerprint density at radius 1 is 1.88 bits per heavy atom. The van der Waals surface area contributed by atoms with E-state index in [0.29, 0.717) is 5.69 Å². The Hall–Kier alpha value is -0.900. The van der Waals surface area contributed by atoms with Gasteiger partial charge in [-0.1, -0.05) is 5.16 Å². The average molecular weight is 128 g/mol. The van der Waals surface area contributed by atoms with Crippen LogP contribution >= 0.6 is 11.5 Å². The van der Waals surface area contributed by atoms with Crippen molar-refractivity contribution in [3.63, 3.8) is 0 Å². The van der Waals surface area contributed by atoms with Crippen molar-refractivity contribution in [1.82, 2.24) is 4.37 Å². The largest absolute Gasteiger partial charge is 0.411 e. The van der Waals surface area contributed by atoms with E-state index in [0.717, 1.165) is 0 Å². The maximum atomic E-state index is 7.97. The Balaban J connectivity index is 2.77. The van der Waals surface area contributed by atoms with Crippen molar-refractivity contribution in [3.05, 3.63) is 17.1 Å². The molecule has 1 N–H and O–H groups in total. The summed E-state index contributed by atoms with van der Waals surface area (Å²) in [4.78, 5) is 0. The molecule has 1 heterocycles. The topological polar surface area (TPSA) is 45.5 Å². The van der Waals surface area contributed by atoms with Gasteiger partial charge in [-0.15, -0.1) is 0 Å². The number of hydrogen-bond donors (Lipinski definition) is 1. The zero-order valence-corrected chi connectivity index (χ0v) is 4.80. The summed E-state index contributed by atoms with van der Waals surface area (Å²) in [6.45, 7) is 0. The molecule has 8 heavy (non-hydrogen) atoms. The first kappa shape index (κ1) is 5.24. The normalized spacial score (nSPS) is 10.5. The van der Waals surface area contributed by atoms with Gasteiger partial charge in [-0.05, 0) is 17.6 Å². The monoisotopic (exact) mass is 128 g/mol. The molecule has 0 saturated heterocycles. The fourth-order valence-corrected chi connectivity index (χ4v) is 0.838. The molecule has 1 aromatic heterocycles. The highest BCUT2D eigenvalue weighted by atomic mass is 32.1. The van der Waals surface area contributed by atoms with Crippen molar-refractivity contribution in [2.45, 2.75) is 0 Å². The number of rotatable bonds is 1. The third-order valence-electron chi connectivity index (χ3n) is 0.648. The highest BCUT2D eigenvalue weighted by Gasteiger charge is 1.84. The highest BCUT2D eigenvalue weighted by molar-refractivity contribution is 7.03. The summed E-state index contributed by atoms with van der Waals surface area (Å²) in [6, 6.07) is 1.77. The van der Waals surface area contributed by atoms with E-state index in [-0.39, 0.29) is 0 Å². The molecule has 1 rings (SSSR count). The quantitative estimate of drug-likeness (QED) is 0.347. The van der Waals surface area contributed by atoms with Crippen molar-refractivity contribution in [2.75, 3.05) is 0 Å². The average Bonchev–Trinajstić information content (AvgIpc) is 2.19. The first-order valence-corrected chi connectivity index (χ1v) is 2.85. The van der Waals surface area contributed by atoms with Gasteiger partial charge >= 0.3 is 0 Å². The molecule has 1 aromatic rings. The molecular formula is C4H4N2OS. The van der Waals surface area contributed by atoms with Crippen LogP contribution in [0.2, 0.25) is 0 Å². The molecule has 0 bridgehead atoms. The van der Waals surface area contributed by atoms with E-state index in [2.05, 4.69) is 9.53 Å². The summed E-state index contributed by atoms with van der Waals surface area (Å²) in [5.41, 5.74) is 0.692. The SMILES string of the molecule is ON=Cc1ccsn1. The van der Waals surface area contributed by atoms with Crippen LogP contribution in [0.3, 0.4) is 0 Å². The van der Waals surface area contributed by atoms with Gasteiger partial charge in [0.2, 0.25) is 0 Å². The lowest BCUT2D eigenvalue weighted by Crippen LogP contribution is -1.75. The fourth-order valence-electron chi connectivity index (χ4n) is 0.348. The Bertz CT molecular complexity index is 170. The van der Waals surface area contributed by atoms with Gasteiger partial charge in [0.25, 0.3) is 0 Å². The highest BCUT2D eigenvalue weighted by Crippen LogP contribution is 1.94. The van der Waals surface area contributed by atoms with E-state index >= 15 is 0 Å². The molecule has 0 aliphatic carbocycles. The van der Waals surface area contributed by atoms with Gasteiger partial charge in [0.15, 0.2) is 0 Å². The van der Waals surface area contributed by atoms with Crippen LogP contribution in [0, 0.1) is 0 Å². The molecule has 0 atom stereocenters. The Labute approximate surface area is 50.4 Å². The van der Waals surface area contributed by atoms with Gasteiger partial charge in [-0.2, -0.15) is 4.37 Å². The summed E-state index contributed by atoms with van der Waals surface area (Å²) in [5, 5.41) is 12.6. The minimum Gasteiger partial charge on any atom is -0.411 e. The van der Waals surface area contributed by atoms with Crippen LogP contribution in [0.1, 0.15) is 5.69 Å². The van der Waals surface area contributed by atoms with Crippen molar-refractivity contribution in [3.8, 4) is 0 Å². The van der Waals surface area contributed by atoms with Gasteiger partial charge in [0.05, 0.1) is 11.9 Å². The fraction of sp³-hybridized carbons (Fsp3) is 0. The maximum Gasteiger partial charge on any atom is 0.0984 e. The van der Waals surface area contributed by atoms with Gasteiger partial charge in [0, 0.05) is 5.38 Å². The molecule has 0 fully saturated rings. The lowest BCUT2D eigenvalue weighted by molar-refractivity contribution is 0.321. The van der Waals surface area contributed by atoms with Gasteiger partial charge in [-0.25, -0.2) is 0 Å². The van der Waals surface area contributed by atoms with Crippen LogP contribution in [0.15, 0.2) is 16.6 Å². The van der Waals surface area contributed by atoms with E-state index in [4.69, 9.17) is 5.21 Å². The zero-order chi connectivity index (χ0) is 5.82. The summed E-state index contributed by atoms with van der Waals surface area (Å²) >= 11 is 1.33. The molecule has 3 nitrogen and oxygen atoms in total. The first-order valence-electron chi connectivity index (χ1n) is 2.01. The maximum absolute atomic E-state index is 7.97. The Morgan fingerprint density at radius 3 is 3.25 bits per heavy atom. The molecule has 42 valence electrons. The lowest BCUT2D eigenvalue weighted by Gasteiger charge is -1.72. The molecule has 0 radical (unpaired) electrons. The molecular weight excluding hydrogens is 124 g/mol. The summed E-state index contributed by atoms with van der Waals surface area (Å²) < 4.78 is 3.84. The van der Waals surface area contributed by atoms with Crippen molar-refractivity contribution < 1.29 is 5.21 Å². The summed E-state index contributed by atoms with van der Waals surface area (Å²) in [5.74, 6) is 0. The number of nitrogens with zero attached hydrogens (tertiary/aromatic N) is 2. The number of aromatic nitrogens is 1. The van der Waals surface area contributed by atoms with Gasteiger partial charge in [-0.3, -0.25) is 0 Å². The predicted molar refractivity (Wildman–Crippen MR) is 31.5 cm³/mol.